The van der Waals surface area contributed by atoms with E-state index in [1.807, 2.05) is 0 Å². The monoisotopic (exact) mass is 141 g/mol. The average Bonchev–Trinajstić information content (AvgIpc) is 1.95. The summed E-state index contributed by atoms with van der Waals surface area (Å²) in [5.41, 5.74) is 0. The molecule has 1 fully saturated rings. The Balaban J connectivity index is 2.26. The lowest BCUT2D eigenvalue weighted by molar-refractivity contribution is 0.305. The SMILES string of the molecule is CC1CCC(/C=N/O)CC1. The number of hydrogen-bond acceptors (Lipinski definition) is 2. The van der Waals surface area contributed by atoms with Crippen molar-refractivity contribution in [1.82, 2.24) is 0 Å². The van der Waals surface area contributed by atoms with E-state index >= 15 is 0 Å². The third-order valence-electron chi connectivity index (χ3n) is 2.34. The predicted octanol–water partition coefficient (Wildman–Crippen LogP) is 2.27. The highest BCUT2D eigenvalue weighted by Crippen LogP contribution is 2.26. The Morgan fingerprint density at radius 3 is 2.40 bits per heavy atom. The van der Waals surface area contributed by atoms with Crippen LogP contribution in [0, 0.1) is 11.8 Å². The van der Waals surface area contributed by atoms with Crippen LogP contribution in [-0.2, 0) is 0 Å². The van der Waals surface area contributed by atoms with Gasteiger partial charge < -0.3 is 5.21 Å². The molecule has 58 valence electrons. The highest BCUT2D eigenvalue weighted by atomic mass is 16.4. The third-order valence-corrected chi connectivity index (χ3v) is 2.34. The summed E-state index contributed by atoms with van der Waals surface area (Å²) >= 11 is 0. The van der Waals surface area contributed by atoms with Crippen LogP contribution >= 0.6 is 0 Å². The lowest BCUT2D eigenvalue weighted by atomic mass is 9.84. The zero-order chi connectivity index (χ0) is 7.40. The predicted molar refractivity (Wildman–Crippen MR) is 41.4 cm³/mol. The normalized spacial score (nSPS) is 34.9. The van der Waals surface area contributed by atoms with Gasteiger partial charge >= 0.3 is 0 Å². The molecular weight excluding hydrogens is 126 g/mol. The Hall–Kier alpha value is -0.530. The Morgan fingerprint density at radius 2 is 1.90 bits per heavy atom. The van der Waals surface area contributed by atoms with Crippen LogP contribution in [0.2, 0.25) is 0 Å². The van der Waals surface area contributed by atoms with Gasteiger partial charge in [-0.2, -0.15) is 0 Å². The van der Waals surface area contributed by atoms with Crippen LogP contribution in [0.5, 0.6) is 0 Å². The standard InChI is InChI=1S/C8H15NO/c1-7-2-4-8(5-3-7)6-9-10/h6-8,10H,2-5H2,1H3/b9-6+. The third kappa shape index (κ3) is 2.01. The summed E-state index contributed by atoms with van der Waals surface area (Å²) in [5, 5.41) is 11.3. The van der Waals surface area contributed by atoms with Gasteiger partial charge in [-0.15, -0.1) is 5.16 Å². The fourth-order valence-corrected chi connectivity index (χ4v) is 1.53. The molecule has 2 heteroatoms. The molecular formula is C8H15NO. The Kier molecular flexibility index (Phi) is 2.72. The van der Waals surface area contributed by atoms with E-state index in [1.54, 1.807) is 6.21 Å². The second-order valence-corrected chi connectivity index (χ2v) is 3.28. The zero-order valence-corrected chi connectivity index (χ0v) is 6.45. The summed E-state index contributed by atoms with van der Waals surface area (Å²) in [4.78, 5) is 0. The summed E-state index contributed by atoms with van der Waals surface area (Å²) in [5.74, 6) is 1.42. The quantitative estimate of drug-likeness (QED) is 0.339. The molecule has 0 aromatic heterocycles. The Morgan fingerprint density at radius 1 is 1.30 bits per heavy atom. The average molecular weight is 141 g/mol. The summed E-state index contributed by atoms with van der Waals surface area (Å²) in [6, 6.07) is 0. The van der Waals surface area contributed by atoms with Gasteiger partial charge in [0.05, 0.1) is 0 Å². The molecule has 0 heterocycles. The summed E-state index contributed by atoms with van der Waals surface area (Å²) in [6.07, 6.45) is 6.65. The molecule has 1 rings (SSSR count). The molecule has 0 saturated heterocycles. The number of hydrogen-bond donors (Lipinski definition) is 1. The van der Waals surface area contributed by atoms with Crippen molar-refractivity contribution in [3.63, 3.8) is 0 Å². The molecule has 1 aliphatic rings. The fraction of sp³-hybridized carbons (Fsp3) is 0.875. The van der Waals surface area contributed by atoms with Gasteiger partial charge in [0, 0.05) is 6.21 Å². The molecule has 1 saturated carbocycles. The van der Waals surface area contributed by atoms with Crippen molar-refractivity contribution in [2.45, 2.75) is 32.6 Å². The lowest BCUT2D eigenvalue weighted by Crippen LogP contribution is -2.12. The van der Waals surface area contributed by atoms with Crippen molar-refractivity contribution >= 4 is 6.21 Å². The summed E-state index contributed by atoms with van der Waals surface area (Å²) in [6.45, 7) is 2.28. The van der Waals surface area contributed by atoms with Gasteiger partial charge in [0.2, 0.25) is 0 Å². The van der Waals surface area contributed by atoms with Crippen LogP contribution in [0.3, 0.4) is 0 Å². The molecule has 0 radical (unpaired) electrons. The van der Waals surface area contributed by atoms with Crippen LogP contribution in [0.4, 0.5) is 0 Å². The molecule has 0 aliphatic heterocycles. The molecule has 0 unspecified atom stereocenters. The minimum absolute atomic E-state index is 0.543. The highest BCUT2D eigenvalue weighted by molar-refractivity contribution is 5.59. The first-order valence-corrected chi connectivity index (χ1v) is 4.00. The van der Waals surface area contributed by atoms with E-state index in [4.69, 9.17) is 5.21 Å². The van der Waals surface area contributed by atoms with Crippen molar-refractivity contribution in [2.75, 3.05) is 0 Å². The van der Waals surface area contributed by atoms with Crippen molar-refractivity contribution < 1.29 is 5.21 Å². The number of oxime groups is 1. The second-order valence-electron chi connectivity index (χ2n) is 3.28. The van der Waals surface area contributed by atoms with E-state index in [-0.39, 0.29) is 0 Å². The largest absolute Gasteiger partial charge is 0.411 e. The van der Waals surface area contributed by atoms with Crippen LogP contribution in [0.15, 0.2) is 5.16 Å². The maximum absolute atomic E-state index is 8.25. The van der Waals surface area contributed by atoms with Gasteiger partial charge in [-0.05, 0) is 24.7 Å². The first-order valence-electron chi connectivity index (χ1n) is 4.00. The van der Waals surface area contributed by atoms with Crippen molar-refractivity contribution in [1.29, 1.82) is 0 Å². The van der Waals surface area contributed by atoms with Crippen molar-refractivity contribution in [3.8, 4) is 0 Å². The van der Waals surface area contributed by atoms with Crippen LogP contribution in [0.25, 0.3) is 0 Å². The van der Waals surface area contributed by atoms with E-state index in [0.29, 0.717) is 5.92 Å². The van der Waals surface area contributed by atoms with E-state index < -0.39 is 0 Å². The van der Waals surface area contributed by atoms with Gasteiger partial charge in [-0.3, -0.25) is 0 Å². The van der Waals surface area contributed by atoms with Gasteiger partial charge in [-0.1, -0.05) is 19.8 Å². The first kappa shape index (κ1) is 7.58. The Labute approximate surface area is 61.9 Å². The summed E-state index contributed by atoms with van der Waals surface area (Å²) in [7, 11) is 0. The Bertz CT molecular complexity index is 114. The first-order chi connectivity index (χ1) is 4.83. The number of rotatable bonds is 1. The van der Waals surface area contributed by atoms with Crippen molar-refractivity contribution in [3.05, 3.63) is 0 Å². The van der Waals surface area contributed by atoms with Crippen molar-refractivity contribution in [2.24, 2.45) is 17.0 Å². The summed E-state index contributed by atoms with van der Waals surface area (Å²) < 4.78 is 0. The maximum atomic E-state index is 8.25. The molecule has 0 aromatic rings. The lowest BCUT2D eigenvalue weighted by Gasteiger charge is -2.22. The van der Waals surface area contributed by atoms with Crippen LogP contribution in [-0.4, -0.2) is 11.4 Å². The molecule has 0 aromatic carbocycles. The van der Waals surface area contributed by atoms with Crippen LogP contribution in [0.1, 0.15) is 32.6 Å². The van der Waals surface area contributed by atoms with Crippen LogP contribution < -0.4 is 0 Å². The fourth-order valence-electron chi connectivity index (χ4n) is 1.53. The number of nitrogens with zero attached hydrogens (tertiary/aromatic N) is 1. The van der Waals surface area contributed by atoms with Gasteiger partial charge in [0.1, 0.15) is 0 Å². The molecule has 2 nitrogen and oxygen atoms in total. The molecule has 0 amide bonds. The highest BCUT2D eigenvalue weighted by Gasteiger charge is 2.15. The molecule has 1 N–H and O–H groups in total. The molecule has 0 atom stereocenters. The van der Waals surface area contributed by atoms with Gasteiger partial charge in [0.15, 0.2) is 0 Å². The smallest absolute Gasteiger partial charge is 0.0466 e. The molecule has 1 aliphatic carbocycles. The molecule has 10 heavy (non-hydrogen) atoms. The van der Waals surface area contributed by atoms with E-state index in [9.17, 15) is 0 Å². The second kappa shape index (κ2) is 3.59. The van der Waals surface area contributed by atoms with Gasteiger partial charge in [-0.25, -0.2) is 0 Å². The minimum atomic E-state index is 0.543. The van der Waals surface area contributed by atoms with Gasteiger partial charge in [0.25, 0.3) is 0 Å². The minimum Gasteiger partial charge on any atom is -0.411 e. The molecule has 0 bridgehead atoms. The topological polar surface area (TPSA) is 32.6 Å². The maximum Gasteiger partial charge on any atom is 0.0466 e. The van der Waals surface area contributed by atoms with E-state index in [0.717, 1.165) is 5.92 Å². The van der Waals surface area contributed by atoms with E-state index in [1.165, 1.54) is 25.7 Å². The molecule has 0 spiro atoms. The van der Waals surface area contributed by atoms with E-state index in [2.05, 4.69) is 12.1 Å². The zero-order valence-electron chi connectivity index (χ0n) is 6.45.